The highest BCUT2D eigenvalue weighted by atomic mass is 16.5. The van der Waals surface area contributed by atoms with E-state index in [1.165, 1.54) is 13.3 Å². The van der Waals surface area contributed by atoms with Gasteiger partial charge in [0, 0.05) is 33.2 Å². The second kappa shape index (κ2) is 7.07. The van der Waals surface area contributed by atoms with Crippen LogP contribution in [-0.4, -0.2) is 60.5 Å². The number of carbonyl (C=O) groups is 2. The van der Waals surface area contributed by atoms with Crippen molar-refractivity contribution in [3.8, 4) is 0 Å². The summed E-state index contributed by atoms with van der Waals surface area (Å²) >= 11 is 0. The number of carbonyl (C=O) groups excluding carboxylic acids is 2. The summed E-state index contributed by atoms with van der Waals surface area (Å²) in [6.45, 7) is 6.87. The minimum atomic E-state index is -0.0427. The SMILES string of the molecule is CC(=O)N(CC(=O)N1CCCC(C)C1)CC1CCCO1. The topological polar surface area (TPSA) is 49.9 Å². The molecule has 2 rings (SSSR count). The smallest absolute Gasteiger partial charge is 0.242 e. The summed E-state index contributed by atoms with van der Waals surface area (Å²) < 4.78 is 5.56. The molecule has 2 amide bonds. The molecule has 2 unspecified atom stereocenters. The highest BCUT2D eigenvalue weighted by Gasteiger charge is 2.26. The zero-order chi connectivity index (χ0) is 14.5. The van der Waals surface area contributed by atoms with Crippen molar-refractivity contribution in [2.45, 2.75) is 45.6 Å². The van der Waals surface area contributed by atoms with Gasteiger partial charge in [-0.15, -0.1) is 0 Å². The van der Waals surface area contributed by atoms with Crippen LogP contribution in [0.2, 0.25) is 0 Å². The Bertz CT molecular complexity index is 353. The van der Waals surface area contributed by atoms with Crippen LogP contribution in [0.25, 0.3) is 0 Å². The summed E-state index contributed by atoms with van der Waals surface area (Å²) in [4.78, 5) is 27.6. The van der Waals surface area contributed by atoms with E-state index in [1.54, 1.807) is 4.90 Å². The van der Waals surface area contributed by atoms with Crippen molar-refractivity contribution in [1.82, 2.24) is 9.80 Å². The van der Waals surface area contributed by atoms with E-state index < -0.39 is 0 Å². The molecule has 0 spiro atoms. The van der Waals surface area contributed by atoms with Crippen molar-refractivity contribution in [2.75, 3.05) is 32.8 Å². The Labute approximate surface area is 121 Å². The zero-order valence-corrected chi connectivity index (χ0v) is 12.6. The van der Waals surface area contributed by atoms with Gasteiger partial charge in [0.1, 0.15) is 0 Å². The predicted octanol–water partition coefficient (Wildman–Crippen LogP) is 1.27. The number of hydrogen-bond donors (Lipinski definition) is 0. The number of ether oxygens (including phenoxy) is 1. The molecule has 0 saturated carbocycles. The van der Waals surface area contributed by atoms with E-state index in [-0.39, 0.29) is 24.5 Å². The standard InChI is InChI=1S/C15H26N2O3/c1-12-5-3-7-16(9-12)15(19)11-17(13(2)18)10-14-6-4-8-20-14/h12,14H,3-11H2,1-2H3. The van der Waals surface area contributed by atoms with E-state index in [0.29, 0.717) is 12.5 Å². The summed E-state index contributed by atoms with van der Waals surface area (Å²) in [6.07, 6.45) is 4.40. The number of rotatable bonds is 4. The summed E-state index contributed by atoms with van der Waals surface area (Å²) in [5, 5.41) is 0. The number of nitrogens with zero attached hydrogens (tertiary/aromatic N) is 2. The van der Waals surface area contributed by atoms with Gasteiger partial charge < -0.3 is 14.5 Å². The van der Waals surface area contributed by atoms with Crippen molar-refractivity contribution in [3.05, 3.63) is 0 Å². The maximum atomic E-state index is 12.3. The largest absolute Gasteiger partial charge is 0.376 e. The van der Waals surface area contributed by atoms with Gasteiger partial charge in [-0.05, 0) is 31.6 Å². The van der Waals surface area contributed by atoms with Gasteiger partial charge in [-0.25, -0.2) is 0 Å². The molecule has 2 atom stereocenters. The summed E-state index contributed by atoms with van der Waals surface area (Å²) in [6, 6.07) is 0. The molecule has 0 aromatic rings. The molecule has 2 aliphatic rings. The molecule has 0 aliphatic carbocycles. The molecule has 5 nitrogen and oxygen atoms in total. The quantitative estimate of drug-likeness (QED) is 0.780. The molecule has 0 aromatic carbocycles. The minimum Gasteiger partial charge on any atom is -0.376 e. The average Bonchev–Trinajstić information content (AvgIpc) is 2.90. The van der Waals surface area contributed by atoms with Crippen molar-refractivity contribution < 1.29 is 14.3 Å². The minimum absolute atomic E-state index is 0.0427. The van der Waals surface area contributed by atoms with E-state index in [2.05, 4.69) is 6.92 Å². The first kappa shape index (κ1) is 15.3. The van der Waals surface area contributed by atoms with E-state index in [1.807, 2.05) is 4.90 Å². The molecule has 5 heteroatoms. The van der Waals surface area contributed by atoms with Gasteiger partial charge in [-0.3, -0.25) is 9.59 Å². The predicted molar refractivity (Wildman–Crippen MR) is 76.2 cm³/mol. The van der Waals surface area contributed by atoms with Crippen LogP contribution in [-0.2, 0) is 14.3 Å². The zero-order valence-electron chi connectivity index (χ0n) is 12.6. The highest BCUT2D eigenvalue weighted by Crippen LogP contribution is 2.17. The molecule has 0 N–H and O–H groups in total. The fourth-order valence-corrected chi connectivity index (χ4v) is 3.02. The Morgan fingerprint density at radius 2 is 2.10 bits per heavy atom. The van der Waals surface area contributed by atoms with Gasteiger partial charge in [-0.1, -0.05) is 6.92 Å². The lowest BCUT2D eigenvalue weighted by atomic mass is 10.0. The van der Waals surface area contributed by atoms with Gasteiger partial charge in [0.25, 0.3) is 0 Å². The van der Waals surface area contributed by atoms with E-state index in [0.717, 1.165) is 39.0 Å². The highest BCUT2D eigenvalue weighted by molar-refractivity contribution is 5.83. The molecule has 0 aromatic heterocycles. The number of piperidine rings is 1. The molecule has 2 saturated heterocycles. The fourth-order valence-electron chi connectivity index (χ4n) is 3.02. The summed E-state index contributed by atoms with van der Waals surface area (Å²) in [5.41, 5.74) is 0. The summed E-state index contributed by atoms with van der Waals surface area (Å²) in [7, 11) is 0. The molecule has 20 heavy (non-hydrogen) atoms. The van der Waals surface area contributed by atoms with Crippen LogP contribution < -0.4 is 0 Å². The molecule has 2 heterocycles. The first-order valence-corrected chi connectivity index (χ1v) is 7.71. The Morgan fingerprint density at radius 3 is 2.70 bits per heavy atom. The van der Waals surface area contributed by atoms with Crippen LogP contribution in [0.5, 0.6) is 0 Å². The summed E-state index contributed by atoms with van der Waals surface area (Å²) in [5.74, 6) is 0.597. The van der Waals surface area contributed by atoms with Crippen molar-refractivity contribution >= 4 is 11.8 Å². The van der Waals surface area contributed by atoms with Crippen molar-refractivity contribution in [1.29, 1.82) is 0 Å². The molecule has 114 valence electrons. The Morgan fingerprint density at radius 1 is 1.30 bits per heavy atom. The van der Waals surface area contributed by atoms with Crippen LogP contribution in [0.4, 0.5) is 0 Å². The number of likely N-dealkylation sites (tertiary alicyclic amines) is 1. The Hall–Kier alpha value is -1.10. The van der Waals surface area contributed by atoms with E-state index >= 15 is 0 Å². The second-order valence-electron chi connectivity index (χ2n) is 6.12. The Kier molecular flexibility index (Phi) is 5.40. The third kappa shape index (κ3) is 4.20. The lowest BCUT2D eigenvalue weighted by Gasteiger charge is -2.33. The average molecular weight is 282 g/mol. The van der Waals surface area contributed by atoms with Crippen LogP contribution in [0.3, 0.4) is 0 Å². The van der Waals surface area contributed by atoms with Crippen molar-refractivity contribution in [3.63, 3.8) is 0 Å². The molecule has 2 aliphatic heterocycles. The molecular weight excluding hydrogens is 256 g/mol. The lowest BCUT2D eigenvalue weighted by Crippen LogP contribution is -2.47. The third-order valence-corrected chi connectivity index (χ3v) is 4.23. The fraction of sp³-hybridized carbons (Fsp3) is 0.867. The van der Waals surface area contributed by atoms with Crippen molar-refractivity contribution in [2.24, 2.45) is 5.92 Å². The number of hydrogen-bond acceptors (Lipinski definition) is 3. The van der Waals surface area contributed by atoms with Gasteiger partial charge in [-0.2, -0.15) is 0 Å². The van der Waals surface area contributed by atoms with Crippen LogP contribution in [0, 0.1) is 5.92 Å². The second-order valence-corrected chi connectivity index (χ2v) is 6.12. The maximum Gasteiger partial charge on any atom is 0.242 e. The van der Waals surface area contributed by atoms with E-state index in [9.17, 15) is 9.59 Å². The van der Waals surface area contributed by atoms with Gasteiger partial charge in [0.15, 0.2) is 0 Å². The third-order valence-electron chi connectivity index (χ3n) is 4.23. The maximum absolute atomic E-state index is 12.3. The first-order valence-electron chi connectivity index (χ1n) is 7.71. The first-order chi connectivity index (χ1) is 9.56. The van der Waals surface area contributed by atoms with Crippen LogP contribution >= 0.6 is 0 Å². The van der Waals surface area contributed by atoms with E-state index in [4.69, 9.17) is 4.74 Å². The molecular formula is C15H26N2O3. The monoisotopic (exact) mass is 282 g/mol. The molecule has 0 bridgehead atoms. The van der Waals surface area contributed by atoms with Crippen LogP contribution in [0.15, 0.2) is 0 Å². The van der Waals surface area contributed by atoms with Gasteiger partial charge in [0.2, 0.25) is 11.8 Å². The number of amides is 2. The lowest BCUT2D eigenvalue weighted by molar-refractivity contribution is -0.141. The van der Waals surface area contributed by atoms with Gasteiger partial charge in [0.05, 0.1) is 12.6 Å². The Balaban J connectivity index is 1.86. The normalized spacial score (nSPS) is 26.6. The molecule has 2 fully saturated rings. The van der Waals surface area contributed by atoms with Gasteiger partial charge >= 0.3 is 0 Å². The molecule has 0 radical (unpaired) electrons. The van der Waals surface area contributed by atoms with Crippen LogP contribution in [0.1, 0.15) is 39.5 Å².